The van der Waals surface area contributed by atoms with Crippen LogP contribution in [0.3, 0.4) is 0 Å². The second-order valence-electron chi connectivity index (χ2n) is 5.83. The zero-order valence-corrected chi connectivity index (χ0v) is 14.3. The molecular weight excluding hydrogens is 324 g/mol. The molecule has 126 valence electrons. The maximum Gasteiger partial charge on any atom is 0.231 e. The Morgan fingerprint density at radius 1 is 1.33 bits per heavy atom. The summed E-state index contributed by atoms with van der Waals surface area (Å²) in [5.74, 6) is -0.658. The lowest BCUT2D eigenvalue weighted by atomic mass is 9.88. The van der Waals surface area contributed by atoms with Crippen molar-refractivity contribution >= 4 is 28.8 Å². The maximum atomic E-state index is 13.1. The summed E-state index contributed by atoms with van der Waals surface area (Å²) in [6, 6.07) is 11.4. The number of aliphatic hydroxyl groups is 1. The molecule has 1 aliphatic rings. The largest absolute Gasteiger partial charge is 0.395 e. The molecule has 1 N–H and O–H groups in total. The van der Waals surface area contributed by atoms with Crippen LogP contribution in [0.15, 0.2) is 41.8 Å². The van der Waals surface area contributed by atoms with E-state index in [9.17, 15) is 14.7 Å². The minimum atomic E-state index is -0.489. The number of benzene rings is 1. The highest BCUT2D eigenvalue weighted by molar-refractivity contribution is 7.09. The summed E-state index contributed by atoms with van der Waals surface area (Å²) in [6.45, 7) is 0.624. The Hall–Kier alpha value is -2.18. The first-order valence-electron chi connectivity index (χ1n) is 7.89. The smallest absolute Gasteiger partial charge is 0.231 e. The number of carbonyl (C=O) groups is 2. The van der Waals surface area contributed by atoms with Crippen LogP contribution in [-0.4, -0.2) is 42.0 Å². The third-order valence-electron chi connectivity index (χ3n) is 4.33. The van der Waals surface area contributed by atoms with Crippen molar-refractivity contribution in [3.05, 3.63) is 52.2 Å². The molecule has 2 aromatic rings. The molecule has 0 saturated heterocycles. The molecule has 1 aromatic heterocycles. The Kier molecular flexibility index (Phi) is 4.97. The van der Waals surface area contributed by atoms with E-state index in [2.05, 4.69) is 0 Å². The summed E-state index contributed by atoms with van der Waals surface area (Å²) >= 11 is 1.58. The Morgan fingerprint density at radius 2 is 2.12 bits per heavy atom. The zero-order valence-electron chi connectivity index (χ0n) is 13.5. The van der Waals surface area contributed by atoms with Crippen LogP contribution in [0.5, 0.6) is 0 Å². The number of amides is 2. The van der Waals surface area contributed by atoms with Crippen molar-refractivity contribution in [3.8, 4) is 0 Å². The van der Waals surface area contributed by atoms with Crippen LogP contribution >= 0.6 is 11.3 Å². The van der Waals surface area contributed by atoms with E-state index < -0.39 is 5.92 Å². The number of anilines is 1. The van der Waals surface area contributed by atoms with Gasteiger partial charge in [0.2, 0.25) is 11.8 Å². The minimum absolute atomic E-state index is 0.0628. The highest BCUT2D eigenvalue weighted by atomic mass is 32.1. The van der Waals surface area contributed by atoms with E-state index in [-0.39, 0.29) is 31.4 Å². The number of thiophene rings is 1. The molecule has 6 heteroatoms. The van der Waals surface area contributed by atoms with Gasteiger partial charge in [0.1, 0.15) is 0 Å². The van der Waals surface area contributed by atoms with Crippen molar-refractivity contribution in [3.63, 3.8) is 0 Å². The molecule has 2 amide bonds. The summed E-state index contributed by atoms with van der Waals surface area (Å²) in [7, 11) is 1.74. The number of nitrogens with zero attached hydrogens (tertiary/aromatic N) is 2. The fourth-order valence-corrected chi connectivity index (χ4v) is 3.78. The number of rotatable bonds is 5. The molecule has 3 rings (SSSR count). The van der Waals surface area contributed by atoms with Crippen LogP contribution < -0.4 is 4.90 Å². The number of carbonyl (C=O) groups excluding carboxylic acids is 2. The van der Waals surface area contributed by atoms with Gasteiger partial charge >= 0.3 is 0 Å². The van der Waals surface area contributed by atoms with Crippen LogP contribution in [0, 0.1) is 0 Å². The first kappa shape index (κ1) is 16.7. The van der Waals surface area contributed by atoms with E-state index in [0.29, 0.717) is 6.54 Å². The van der Waals surface area contributed by atoms with Gasteiger partial charge in [0, 0.05) is 30.6 Å². The van der Waals surface area contributed by atoms with Gasteiger partial charge in [-0.25, -0.2) is 0 Å². The predicted molar refractivity (Wildman–Crippen MR) is 94.0 cm³/mol. The van der Waals surface area contributed by atoms with Crippen molar-refractivity contribution in [1.82, 2.24) is 4.90 Å². The number of hydrogen-bond donors (Lipinski definition) is 1. The molecule has 2 heterocycles. The summed E-state index contributed by atoms with van der Waals surface area (Å²) in [4.78, 5) is 29.7. The van der Waals surface area contributed by atoms with Crippen LogP contribution in [0.25, 0.3) is 0 Å². The Bertz CT molecular complexity index is 730. The molecule has 0 saturated carbocycles. The first-order valence-corrected chi connectivity index (χ1v) is 8.77. The highest BCUT2D eigenvalue weighted by Crippen LogP contribution is 2.36. The number of hydrogen-bond acceptors (Lipinski definition) is 4. The summed E-state index contributed by atoms with van der Waals surface area (Å²) < 4.78 is 0. The molecule has 0 radical (unpaired) electrons. The van der Waals surface area contributed by atoms with E-state index in [1.54, 1.807) is 28.2 Å². The summed E-state index contributed by atoms with van der Waals surface area (Å²) in [5.41, 5.74) is 1.66. The van der Waals surface area contributed by atoms with Gasteiger partial charge in [-0.05, 0) is 23.1 Å². The van der Waals surface area contributed by atoms with Crippen molar-refractivity contribution in [1.29, 1.82) is 0 Å². The summed E-state index contributed by atoms with van der Waals surface area (Å²) in [6.07, 6.45) is 0.165. The van der Waals surface area contributed by atoms with Gasteiger partial charge in [-0.3, -0.25) is 9.59 Å². The zero-order chi connectivity index (χ0) is 17.1. The quantitative estimate of drug-likeness (QED) is 0.905. The van der Waals surface area contributed by atoms with Gasteiger partial charge in [0.25, 0.3) is 0 Å². The topological polar surface area (TPSA) is 60.9 Å². The van der Waals surface area contributed by atoms with Gasteiger partial charge in [0.05, 0.1) is 19.1 Å². The van der Waals surface area contributed by atoms with Crippen molar-refractivity contribution in [2.75, 3.05) is 25.1 Å². The molecule has 24 heavy (non-hydrogen) atoms. The summed E-state index contributed by atoms with van der Waals surface area (Å²) in [5, 5.41) is 11.3. The lowest BCUT2D eigenvalue weighted by Crippen LogP contribution is -2.42. The molecule has 1 atom stereocenters. The molecule has 0 aliphatic carbocycles. The van der Waals surface area contributed by atoms with E-state index >= 15 is 0 Å². The number of aliphatic hydroxyl groups excluding tert-OH is 1. The van der Waals surface area contributed by atoms with Gasteiger partial charge in [-0.1, -0.05) is 24.3 Å². The monoisotopic (exact) mass is 344 g/mol. The van der Waals surface area contributed by atoms with Gasteiger partial charge in [-0.2, -0.15) is 0 Å². The van der Waals surface area contributed by atoms with Gasteiger partial charge in [-0.15, -0.1) is 11.3 Å². The Balaban J connectivity index is 1.89. The van der Waals surface area contributed by atoms with E-state index in [1.807, 2.05) is 41.8 Å². The highest BCUT2D eigenvalue weighted by Gasteiger charge is 2.35. The van der Waals surface area contributed by atoms with Crippen LogP contribution in [0.1, 0.15) is 22.8 Å². The second-order valence-corrected chi connectivity index (χ2v) is 6.86. The standard InChI is InChI=1S/C18H20N2O3S/c1-19-16-7-3-2-6-14(16)15(11-17(19)22)18(23)20(8-9-21)12-13-5-4-10-24-13/h2-7,10,15,21H,8-9,11-12H2,1H3. The Labute approximate surface area is 145 Å². The van der Waals surface area contributed by atoms with Gasteiger partial charge < -0.3 is 14.9 Å². The van der Waals surface area contributed by atoms with E-state index in [1.165, 1.54) is 0 Å². The SMILES string of the molecule is CN1C(=O)CC(C(=O)N(CCO)Cc2cccs2)c2ccccc21. The van der Waals surface area contributed by atoms with E-state index in [4.69, 9.17) is 0 Å². The number of fused-ring (bicyclic) bond motifs is 1. The average Bonchev–Trinajstić information content (AvgIpc) is 3.10. The van der Waals surface area contributed by atoms with E-state index in [0.717, 1.165) is 16.1 Å². The molecule has 0 fully saturated rings. The van der Waals surface area contributed by atoms with Gasteiger partial charge in [0.15, 0.2) is 0 Å². The maximum absolute atomic E-state index is 13.1. The molecule has 5 nitrogen and oxygen atoms in total. The van der Waals surface area contributed by atoms with Crippen molar-refractivity contribution in [2.45, 2.75) is 18.9 Å². The number of para-hydroxylation sites is 1. The molecule has 1 unspecified atom stereocenters. The third-order valence-corrected chi connectivity index (χ3v) is 5.19. The lowest BCUT2D eigenvalue weighted by Gasteiger charge is -2.33. The molecule has 0 spiro atoms. The molecule has 0 bridgehead atoms. The molecular formula is C18H20N2O3S. The average molecular weight is 344 g/mol. The lowest BCUT2D eigenvalue weighted by molar-refractivity contribution is -0.136. The third kappa shape index (κ3) is 3.20. The second kappa shape index (κ2) is 7.15. The first-order chi connectivity index (χ1) is 11.6. The molecule has 1 aromatic carbocycles. The van der Waals surface area contributed by atoms with Crippen molar-refractivity contribution < 1.29 is 14.7 Å². The fraction of sp³-hybridized carbons (Fsp3) is 0.333. The van der Waals surface area contributed by atoms with Crippen LogP contribution in [0.2, 0.25) is 0 Å². The Morgan fingerprint density at radius 3 is 2.83 bits per heavy atom. The van der Waals surface area contributed by atoms with Crippen LogP contribution in [0.4, 0.5) is 5.69 Å². The predicted octanol–water partition coefficient (Wildman–Crippen LogP) is 2.22. The molecule has 1 aliphatic heterocycles. The minimum Gasteiger partial charge on any atom is -0.395 e. The van der Waals surface area contributed by atoms with Crippen molar-refractivity contribution in [2.24, 2.45) is 0 Å². The fourth-order valence-electron chi connectivity index (χ4n) is 3.06. The normalized spacial score (nSPS) is 16.8. The van der Waals surface area contributed by atoms with Crippen LogP contribution in [-0.2, 0) is 16.1 Å².